The summed E-state index contributed by atoms with van der Waals surface area (Å²) in [6.45, 7) is 2.02. The van der Waals surface area contributed by atoms with E-state index in [1.165, 1.54) is 25.4 Å². The molecule has 6 nitrogen and oxygen atoms in total. The smallest absolute Gasteiger partial charge is 0.258 e. The third-order valence-electron chi connectivity index (χ3n) is 4.71. The number of aryl methyl sites for hydroxylation is 1. The van der Waals surface area contributed by atoms with E-state index in [9.17, 15) is 18.0 Å². The molecular formula is C21H23F3N4O2. The predicted octanol–water partition coefficient (Wildman–Crippen LogP) is 4.47. The number of hydrogen-bond acceptors (Lipinski definition) is 5. The molecule has 0 fully saturated rings. The molecule has 9 heteroatoms. The van der Waals surface area contributed by atoms with Crippen LogP contribution in [0.25, 0.3) is 22.2 Å². The first-order valence-electron chi connectivity index (χ1n) is 9.70. The van der Waals surface area contributed by atoms with Crippen molar-refractivity contribution in [2.75, 3.05) is 19.0 Å². The average molecular weight is 420 g/mol. The zero-order chi connectivity index (χ0) is 21.7. The number of methoxy groups -OCH3 is 1. The summed E-state index contributed by atoms with van der Waals surface area (Å²) < 4.78 is 46.6. The highest BCUT2D eigenvalue weighted by molar-refractivity contribution is 5.86. The van der Waals surface area contributed by atoms with E-state index >= 15 is 0 Å². The molecule has 0 radical (unpaired) electrons. The summed E-state index contributed by atoms with van der Waals surface area (Å²) in [6, 6.07) is 4.40. The summed E-state index contributed by atoms with van der Waals surface area (Å²) >= 11 is 0. The van der Waals surface area contributed by atoms with Crippen molar-refractivity contribution in [2.45, 2.75) is 39.2 Å². The van der Waals surface area contributed by atoms with Crippen LogP contribution in [0.2, 0.25) is 0 Å². The van der Waals surface area contributed by atoms with Gasteiger partial charge in [0.25, 0.3) is 12.0 Å². The van der Waals surface area contributed by atoms with E-state index < -0.39 is 18.8 Å². The van der Waals surface area contributed by atoms with Crippen LogP contribution < -0.4 is 15.6 Å². The van der Waals surface area contributed by atoms with Gasteiger partial charge in [-0.2, -0.15) is 0 Å². The molecule has 0 saturated carbocycles. The minimum atomic E-state index is -2.59. The summed E-state index contributed by atoms with van der Waals surface area (Å²) in [5, 5.41) is 3.28. The molecule has 0 atom stereocenters. The standard InChI is InChI=1S/C21H23F3N4O2/c1-3-4-5-7-28-8-6-13-9-15(16(22)10-14(13)21(28)29)19-25-11-17(30-2)20(27-19)26-12-18(23)24/h6,8-11,18H,3-5,7,12H2,1-2H3,(H,25,26,27). The molecule has 30 heavy (non-hydrogen) atoms. The number of aromatic nitrogens is 3. The fourth-order valence-electron chi connectivity index (χ4n) is 3.14. The van der Waals surface area contributed by atoms with E-state index in [0.717, 1.165) is 19.3 Å². The first kappa shape index (κ1) is 21.6. The number of benzene rings is 1. The molecule has 0 aliphatic heterocycles. The first-order chi connectivity index (χ1) is 14.4. The lowest BCUT2D eigenvalue weighted by atomic mass is 10.1. The zero-order valence-electron chi connectivity index (χ0n) is 16.8. The van der Waals surface area contributed by atoms with Gasteiger partial charge < -0.3 is 14.6 Å². The second-order valence-electron chi connectivity index (χ2n) is 6.82. The van der Waals surface area contributed by atoms with Gasteiger partial charge in [0.15, 0.2) is 17.4 Å². The van der Waals surface area contributed by atoms with Crippen molar-refractivity contribution in [3.8, 4) is 17.1 Å². The largest absolute Gasteiger partial charge is 0.491 e. The Balaban J connectivity index is 2.00. The molecule has 0 spiro atoms. The first-order valence-corrected chi connectivity index (χ1v) is 9.70. The van der Waals surface area contributed by atoms with E-state index in [1.807, 2.05) is 0 Å². The summed E-state index contributed by atoms with van der Waals surface area (Å²) in [5.74, 6) is -0.473. The molecule has 2 heterocycles. The molecule has 0 saturated heterocycles. The fraction of sp³-hybridized carbons (Fsp3) is 0.381. The quantitative estimate of drug-likeness (QED) is 0.517. The third kappa shape index (κ3) is 4.72. The van der Waals surface area contributed by atoms with E-state index in [-0.39, 0.29) is 33.9 Å². The lowest BCUT2D eigenvalue weighted by Crippen LogP contribution is -2.19. The van der Waals surface area contributed by atoms with Crippen molar-refractivity contribution < 1.29 is 17.9 Å². The lowest BCUT2D eigenvalue weighted by Gasteiger charge is -2.12. The van der Waals surface area contributed by atoms with Gasteiger partial charge in [-0.25, -0.2) is 23.1 Å². The Labute approximate surface area is 171 Å². The highest BCUT2D eigenvalue weighted by atomic mass is 19.3. The number of hydrogen-bond donors (Lipinski definition) is 1. The van der Waals surface area contributed by atoms with Crippen LogP contribution in [0.1, 0.15) is 26.2 Å². The Bertz CT molecular complexity index is 1090. The van der Waals surface area contributed by atoms with Crippen LogP contribution in [0.15, 0.2) is 35.4 Å². The Morgan fingerprint density at radius 3 is 2.77 bits per heavy atom. The van der Waals surface area contributed by atoms with Crippen LogP contribution in [-0.2, 0) is 6.54 Å². The molecule has 160 valence electrons. The summed E-state index contributed by atoms with van der Waals surface area (Å²) in [6.07, 6.45) is 3.30. The number of anilines is 1. The second-order valence-corrected chi connectivity index (χ2v) is 6.82. The van der Waals surface area contributed by atoms with Gasteiger partial charge in [-0.1, -0.05) is 19.8 Å². The molecular weight excluding hydrogens is 397 g/mol. The fourth-order valence-corrected chi connectivity index (χ4v) is 3.14. The van der Waals surface area contributed by atoms with Crippen molar-refractivity contribution in [1.82, 2.24) is 14.5 Å². The van der Waals surface area contributed by atoms with Crippen molar-refractivity contribution >= 4 is 16.6 Å². The molecule has 0 amide bonds. The number of nitrogens with zero attached hydrogens (tertiary/aromatic N) is 3. The zero-order valence-corrected chi connectivity index (χ0v) is 16.8. The molecule has 3 aromatic rings. The van der Waals surface area contributed by atoms with Gasteiger partial charge in [-0.05, 0) is 30.0 Å². The predicted molar refractivity (Wildman–Crippen MR) is 110 cm³/mol. The van der Waals surface area contributed by atoms with Gasteiger partial charge in [0, 0.05) is 12.7 Å². The van der Waals surface area contributed by atoms with Crippen LogP contribution in [0.4, 0.5) is 19.0 Å². The number of alkyl halides is 2. The van der Waals surface area contributed by atoms with Gasteiger partial charge in [0.2, 0.25) is 0 Å². The highest BCUT2D eigenvalue weighted by Crippen LogP contribution is 2.28. The molecule has 2 aromatic heterocycles. The van der Waals surface area contributed by atoms with Crippen molar-refractivity contribution in [3.05, 3.63) is 46.8 Å². The Morgan fingerprint density at radius 1 is 1.27 bits per heavy atom. The maximum atomic E-state index is 14.9. The van der Waals surface area contributed by atoms with E-state index in [0.29, 0.717) is 11.9 Å². The molecule has 1 aromatic carbocycles. The monoisotopic (exact) mass is 420 g/mol. The van der Waals surface area contributed by atoms with Crippen molar-refractivity contribution in [1.29, 1.82) is 0 Å². The number of nitrogens with one attached hydrogen (secondary N) is 1. The molecule has 0 aliphatic carbocycles. The van der Waals surface area contributed by atoms with Gasteiger partial charge >= 0.3 is 0 Å². The summed E-state index contributed by atoms with van der Waals surface area (Å²) in [7, 11) is 1.36. The third-order valence-corrected chi connectivity index (χ3v) is 4.71. The van der Waals surface area contributed by atoms with Crippen LogP contribution in [0.3, 0.4) is 0 Å². The van der Waals surface area contributed by atoms with Gasteiger partial charge in [0.05, 0.1) is 30.8 Å². The van der Waals surface area contributed by atoms with Crippen molar-refractivity contribution in [3.63, 3.8) is 0 Å². The number of halogens is 3. The number of fused-ring (bicyclic) bond motifs is 1. The number of rotatable bonds is 9. The Hall–Kier alpha value is -3.10. The Kier molecular flexibility index (Phi) is 6.91. The van der Waals surface area contributed by atoms with E-state index in [1.54, 1.807) is 16.8 Å². The summed E-state index contributed by atoms with van der Waals surface area (Å²) in [4.78, 5) is 20.9. The SMILES string of the molecule is CCCCCn1ccc2cc(-c3ncc(OC)c(NCC(F)F)n3)c(F)cc2c1=O. The molecule has 3 rings (SSSR count). The average Bonchev–Trinajstić information content (AvgIpc) is 2.74. The highest BCUT2D eigenvalue weighted by Gasteiger charge is 2.16. The number of unbranched alkanes of at least 4 members (excludes halogenated alkanes) is 2. The van der Waals surface area contributed by atoms with E-state index in [4.69, 9.17) is 4.74 Å². The molecule has 0 bridgehead atoms. The molecule has 0 aliphatic rings. The number of pyridine rings is 1. The minimum absolute atomic E-state index is 0.000842. The van der Waals surface area contributed by atoms with Crippen molar-refractivity contribution in [2.24, 2.45) is 0 Å². The van der Waals surface area contributed by atoms with Gasteiger partial charge in [-0.3, -0.25) is 4.79 Å². The number of ether oxygens (including phenoxy) is 1. The van der Waals surface area contributed by atoms with Gasteiger partial charge in [-0.15, -0.1) is 0 Å². The minimum Gasteiger partial charge on any atom is -0.491 e. The van der Waals surface area contributed by atoms with Crippen LogP contribution in [0, 0.1) is 5.82 Å². The van der Waals surface area contributed by atoms with Gasteiger partial charge in [0.1, 0.15) is 5.82 Å². The van der Waals surface area contributed by atoms with Crippen LogP contribution in [-0.4, -0.2) is 34.6 Å². The maximum Gasteiger partial charge on any atom is 0.258 e. The lowest BCUT2D eigenvalue weighted by molar-refractivity contribution is 0.163. The summed E-state index contributed by atoms with van der Waals surface area (Å²) in [5.41, 5.74) is -0.197. The van der Waals surface area contributed by atoms with Crippen LogP contribution in [0.5, 0.6) is 5.75 Å². The maximum absolute atomic E-state index is 14.9. The Morgan fingerprint density at radius 2 is 2.07 bits per heavy atom. The second kappa shape index (κ2) is 9.60. The normalized spacial score (nSPS) is 11.3. The topological polar surface area (TPSA) is 69.0 Å². The van der Waals surface area contributed by atoms with E-state index in [2.05, 4.69) is 22.2 Å². The van der Waals surface area contributed by atoms with Crippen LogP contribution >= 0.6 is 0 Å². The molecule has 0 unspecified atom stereocenters. The molecule has 1 N–H and O–H groups in total.